The summed E-state index contributed by atoms with van der Waals surface area (Å²) in [5.74, 6) is 1.26. The normalized spacial score (nSPS) is 29.6. The number of nitrogens with zero attached hydrogens (tertiary/aromatic N) is 2. The molecule has 2 heterocycles. The van der Waals surface area contributed by atoms with E-state index in [1.54, 1.807) is 16.8 Å². The number of aliphatic hydroxyl groups is 1. The van der Waals surface area contributed by atoms with E-state index in [4.69, 9.17) is 0 Å². The summed E-state index contributed by atoms with van der Waals surface area (Å²) in [6.45, 7) is 0.543. The Bertz CT molecular complexity index is 1550. The van der Waals surface area contributed by atoms with E-state index in [0.717, 1.165) is 45.8 Å². The Balaban J connectivity index is 1.13. The smallest absolute Gasteiger partial charge is 0.245 e. The number of amides is 3. The number of likely N-dealkylation sites (N-methyl/N-ethyl adjacent to an activating group) is 1. The van der Waals surface area contributed by atoms with Crippen molar-refractivity contribution < 1.29 is 19.5 Å². The van der Waals surface area contributed by atoms with Crippen molar-refractivity contribution in [2.24, 2.45) is 23.2 Å². The van der Waals surface area contributed by atoms with Crippen LogP contribution in [0.3, 0.4) is 0 Å². The molecule has 1 aliphatic heterocycles. The lowest BCUT2D eigenvalue weighted by Crippen LogP contribution is -2.58. The summed E-state index contributed by atoms with van der Waals surface area (Å²) in [7, 11) is 1.75. The minimum Gasteiger partial charge on any atom is -0.391 e. The van der Waals surface area contributed by atoms with Crippen LogP contribution in [0.4, 0.5) is 0 Å². The summed E-state index contributed by atoms with van der Waals surface area (Å²) in [6.07, 6.45) is 8.01. The lowest BCUT2D eigenvalue weighted by Gasteiger charge is -2.56. The van der Waals surface area contributed by atoms with Gasteiger partial charge >= 0.3 is 0 Å². The van der Waals surface area contributed by atoms with Gasteiger partial charge in [0.15, 0.2) is 0 Å². The van der Waals surface area contributed by atoms with Gasteiger partial charge in [-0.05, 0) is 79.5 Å². The number of β-amino-alcohol motifs (C(OH)–C–C–N with tert-alkyl or cyclic N) is 1. The number of carbonyl (C=O) groups excluding carboxylic acids is 3. The Morgan fingerprint density at radius 2 is 1.66 bits per heavy atom. The molecule has 3 N–H and O–H groups in total. The van der Waals surface area contributed by atoms with E-state index < -0.39 is 23.6 Å². The fourth-order valence-corrected chi connectivity index (χ4v) is 9.59. The van der Waals surface area contributed by atoms with Crippen molar-refractivity contribution in [3.63, 3.8) is 0 Å². The number of para-hydroxylation sites is 1. The highest BCUT2D eigenvalue weighted by atomic mass is 79.9. The van der Waals surface area contributed by atoms with Crippen LogP contribution in [0, 0.1) is 23.2 Å². The van der Waals surface area contributed by atoms with Crippen molar-refractivity contribution in [3.05, 3.63) is 70.3 Å². The number of fused-ring (bicyclic) bond motifs is 1. The molecule has 3 unspecified atom stereocenters. The van der Waals surface area contributed by atoms with Crippen LogP contribution in [0.15, 0.2) is 59.2 Å². The highest BCUT2D eigenvalue weighted by Crippen LogP contribution is 2.60. The summed E-state index contributed by atoms with van der Waals surface area (Å²) < 4.78 is 0.913. The van der Waals surface area contributed by atoms with E-state index in [-0.39, 0.29) is 30.7 Å². The predicted molar refractivity (Wildman–Crippen MR) is 171 cm³/mol. The maximum atomic E-state index is 14.3. The first-order valence-electron chi connectivity index (χ1n) is 16.0. The van der Waals surface area contributed by atoms with E-state index in [0.29, 0.717) is 30.7 Å². The molecule has 2 aromatic carbocycles. The van der Waals surface area contributed by atoms with Crippen LogP contribution >= 0.6 is 15.9 Å². The van der Waals surface area contributed by atoms with Crippen molar-refractivity contribution in [2.45, 2.75) is 76.1 Å². The second kappa shape index (κ2) is 11.6. The van der Waals surface area contributed by atoms with Gasteiger partial charge in [0.05, 0.1) is 11.5 Å². The van der Waals surface area contributed by atoms with Crippen LogP contribution in [-0.2, 0) is 27.3 Å². The van der Waals surface area contributed by atoms with Gasteiger partial charge in [0.2, 0.25) is 17.7 Å². The third-order valence-corrected chi connectivity index (χ3v) is 11.6. The fraction of sp³-hybridized carbons (Fsp3) is 0.514. The molecule has 5 aliphatic rings. The minimum absolute atomic E-state index is 0.0406. The zero-order valence-corrected chi connectivity index (χ0v) is 26.8. The van der Waals surface area contributed by atoms with Crippen molar-refractivity contribution in [3.8, 4) is 0 Å². The molecule has 4 bridgehead atoms. The molecule has 4 saturated carbocycles. The zero-order valence-electron chi connectivity index (χ0n) is 25.2. The van der Waals surface area contributed by atoms with Gasteiger partial charge < -0.3 is 25.2 Å². The molecule has 1 saturated heterocycles. The monoisotopic (exact) mass is 660 g/mol. The van der Waals surface area contributed by atoms with Gasteiger partial charge in [0, 0.05) is 54.6 Å². The van der Waals surface area contributed by atoms with Crippen LogP contribution in [0.5, 0.6) is 0 Å². The van der Waals surface area contributed by atoms with Gasteiger partial charge in [0.1, 0.15) is 12.1 Å². The van der Waals surface area contributed by atoms with Crippen molar-refractivity contribution in [1.29, 1.82) is 0 Å². The molecule has 3 atom stereocenters. The fourth-order valence-electron chi connectivity index (χ4n) is 9.18. The highest BCUT2D eigenvalue weighted by Gasteiger charge is 2.57. The van der Waals surface area contributed by atoms with Gasteiger partial charge in [-0.2, -0.15) is 0 Å². The third-order valence-electron chi connectivity index (χ3n) is 10.8. The molecule has 9 heteroatoms. The van der Waals surface area contributed by atoms with E-state index in [1.807, 2.05) is 54.7 Å². The molecular formula is C35H41BrN4O4. The average Bonchev–Trinajstić information content (AvgIpc) is 3.59. The Hall–Kier alpha value is -3.17. The Morgan fingerprint density at radius 1 is 1.00 bits per heavy atom. The second-order valence-corrected chi connectivity index (χ2v) is 14.8. The summed E-state index contributed by atoms with van der Waals surface area (Å²) in [6, 6.07) is 14.1. The van der Waals surface area contributed by atoms with Crippen LogP contribution in [0.2, 0.25) is 0 Å². The predicted octanol–water partition coefficient (Wildman–Crippen LogP) is 4.79. The van der Waals surface area contributed by atoms with Gasteiger partial charge in [0.25, 0.3) is 0 Å². The number of rotatable bonds is 8. The molecule has 1 aromatic heterocycles. The Morgan fingerprint density at radius 3 is 2.36 bits per heavy atom. The van der Waals surface area contributed by atoms with Gasteiger partial charge in [-0.1, -0.05) is 52.3 Å². The number of aliphatic hydroxyl groups excluding tert-OH is 1. The van der Waals surface area contributed by atoms with E-state index in [2.05, 4.69) is 26.2 Å². The first-order valence-corrected chi connectivity index (χ1v) is 16.8. The summed E-state index contributed by atoms with van der Waals surface area (Å²) in [4.78, 5) is 49.0. The molecule has 44 heavy (non-hydrogen) atoms. The molecule has 8 nitrogen and oxygen atoms in total. The summed E-state index contributed by atoms with van der Waals surface area (Å²) in [5, 5.41) is 14.8. The molecule has 3 aromatic rings. The number of halogens is 1. The third kappa shape index (κ3) is 5.47. The van der Waals surface area contributed by atoms with Crippen molar-refractivity contribution in [1.82, 2.24) is 20.1 Å². The van der Waals surface area contributed by atoms with Crippen LogP contribution in [-0.4, -0.2) is 69.4 Å². The summed E-state index contributed by atoms with van der Waals surface area (Å²) >= 11 is 3.58. The Kier molecular flexibility index (Phi) is 7.81. The molecule has 3 amide bonds. The quantitative estimate of drug-likeness (QED) is 0.323. The van der Waals surface area contributed by atoms with Gasteiger partial charge in [-0.25, -0.2) is 0 Å². The van der Waals surface area contributed by atoms with Crippen molar-refractivity contribution in [2.75, 3.05) is 13.6 Å². The number of benzene rings is 2. The van der Waals surface area contributed by atoms with Gasteiger partial charge in [-0.15, -0.1) is 0 Å². The van der Waals surface area contributed by atoms with Crippen LogP contribution in [0.1, 0.15) is 56.1 Å². The SMILES string of the molecule is CN(Cc1ccccc1Br)C(=O)C(Cc1c[nH]c2ccccc12)NC(=O)C1CC(O)CN1C(=O)C12CC3CC(CC(C3)C1)C2. The first kappa shape index (κ1) is 29.5. The number of H-pyrrole nitrogens is 1. The second-order valence-electron chi connectivity index (χ2n) is 14.0. The maximum Gasteiger partial charge on any atom is 0.245 e. The topological polar surface area (TPSA) is 106 Å². The van der Waals surface area contributed by atoms with Gasteiger partial charge in [-0.3, -0.25) is 14.4 Å². The van der Waals surface area contributed by atoms with E-state index >= 15 is 0 Å². The minimum atomic E-state index is -0.844. The number of carbonyl (C=O) groups is 3. The number of hydrogen-bond acceptors (Lipinski definition) is 4. The molecule has 0 radical (unpaired) electrons. The zero-order chi connectivity index (χ0) is 30.6. The maximum absolute atomic E-state index is 14.3. The molecule has 0 spiro atoms. The lowest BCUT2D eigenvalue weighted by molar-refractivity contribution is -0.160. The largest absolute Gasteiger partial charge is 0.391 e. The molecule has 8 rings (SSSR count). The molecular weight excluding hydrogens is 620 g/mol. The number of aromatic nitrogens is 1. The van der Waals surface area contributed by atoms with E-state index in [9.17, 15) is 19.5 Å². The van der Waals surface area contributed by atoms with Crippen LogP contribution < -0.4 is 5.32 Å². The van der Waals surface area contributed by atoms with Crippen LogP contribution in [0.25, 0.3) is 10.9 Å². The number of hydrogen-bond donors (Lipinski definition) is 3. The average molecular weight is 662 g/mol. The molecule has 5 fully saturated rings. The van der Waals surface area contributed by atoms with Crippen molar-refractivity contribution >= 4 is 44.6 Å². The molecule has 232 valence electrons. The highest BCUT2D eigenvalue weighted by molar-refractivity contribution is 9.10. The molecule has 4 aliphatic carbocycles. The standard InChI is InChI=1S/C35H41BrN4O4/c1-39(19-24-6-2-4-8-28(24)36)33(43)30(13-25-18-37-29-9-5-3-7-27(25)29)38-32(42)31-14-26(41)20-40(31)34(44)35-15-21-10-22(16-35)12-23(11-21)17-35/h2-9,18,21-23,26,30-31,37,41H,10-17,19-20H2,1H3,(H,38,42). The number of nitrogens with one attached hydrogen (secondary N) is 2. The van der Waals surface area contributed by atoms with E-state index in [1.165, 1.54) is 19.3 Å². The number of aromatic amines is 1. The Labute approximate surface area is 266 Å². The summed E-state index contributed by atoms with van der Waals surface area (Å²) in [5.41, 5.74) is 2.46. The number of likely N-dealkylation sites (tertiary alicyclic amines) is 1. The first-order chi connectivity index (χ1) is 21.2. The lowest BCUT2D eigenvalue weighted by atomic mass is 9.49.